The number of rotatable bonds is 1. The molecule has 94 valence electrons. The van der Waals surface area contributed by atoms with Crippen LogP contribution in [-0.2, 0) is 4.74 Å². The van der Waals surface area contributed by atoms with Crippen molar-refractivity contribution in [1.82, 2.24) is 9.55 Å². The van der Waals surface area contributed by atoms with Gasteiger partial charge in [0.15, 0.2) is 0 Å². The van der Waals surface area contributed by atoms with E-state index in [9.17, 15) is 18.7 Å². The van der Waals surface area contributed by atoms with Crippen LogP contribution in [0.3, 0.4) is 0 Å². The van der Waals surface area contributed by atoms with Crippen LogP contribution in [0.4, 0.5) is 14.6 Å². The second kappa shape index (κ2) is 3.74. The molecule has 1 fully saturated rings. The van der Waals surface area contributed by atoms with Gasteiger partial charge in [-0.2, -0.15) is 13.8 Å². The number of aliphatic hydroxyl groups excluding tert-OH is 1. The summed E-state index contributed by atoms with van der Waals surface area (Å²) in [5.41, 5.74) is 4.30. The van der Waals surface area contributed by atoms with Crippen molar-refractivity contribution in [3.63, 3.8) is 0 Å². The van der Waals surface area contributed by atoms with Gasteiger partial charge in [0, 0.05) is 6.20 Å². The van der Waals surface area contributed by atoms with Crippen LogP contribution in [0.1, 0.15) is 13.2 Å². The Hall–Kier alpha value is -1.54. The number of nitrogens with two attached hydrogens (primary N) is 1. The molecule has 3 atom stereocenters. The van der Waals surface area contributed by atoms with Gasteiger partial charge in [0.25, 0.3) is 0 Å². The number of halogens is 2. The van der Waals surface area contributed by atoms with E-state index in [4.69, 9.17) is 10.5 Å². The number of aromatic nitrogens is 2. The first-order chi connectivity index (χ1) is 7.84. The van der Waals surface area contributed by atoms with E-state index in [0.29, 0.717) is 4.57 Å². The van der Waals surface area contributed by atoms with Gasteiger partial charge in [0.05, 0.1) is 6.10 Å². The second-order valence-electron chi connectivity index (χ2n) is 3.86. The summed E-state index contributed by atoms with van der Waals surface area (Å²) in [6.07, 6.45) is -3.84. The van der Waals surface area contributed by atoms with Crippen LogP contribution >= 0.6 is 0 Å². The Labute approximate surface area is 94.6 Å². The van der Waals surface area contributed by atoms with Gasteiger partial charge in [0.2, 0.25) is 6.23 Å². The zero-order valence-electron chi connectivity index (χ0n) is 8.88. The molecule has 3 N–H and O–H groups in total. The van der Waals surface area contributed by atoms with E-state index in [2.05, 4.69) is 4.98 Å². The SMILES string of the molecule is CC1OC(n2ccc(N)nc2=O)C(F)(F)C1O. The number of nitrogens with zero attached hydrogens (tertiary/aromatic N) is 2. The largest absolute Gasteiger partial charge is 0.384 e. The third-order valence-electron chi connectivity index (χ3n) is 2.62. The Morgan fingerprint density at radius 3 is 2.76 bits per heavy atom. The van der Waals surface area contributed by atoms with E-state index in [1.807, 2.05) is 0 Å². The Morgan fingerprint density at radius 1 is 1.65 bits per heavy atom. The van der Waals surface area contributed by atoms with Crippen LogP contribution in [0.2, 0.25) is 0 Å². The molecule has 2 heterocycles. The van der Waals surface area contributed by atoms with Crippen LogP contribution < -0.4 is 11.4 Å². The topological polar surface area (TPSA) is 90.4 Å². The van der Waals surface area contributed by atoms with Gasteiger partial charge in [-0.1, -0.05) is 0 Å². The maximum absolute atomic E-state index is 13.6. The number of anilines is 1. The summed E-state index contributed by atoms with van der Waals surface area (Å²) in [5, 5.41) is 9.27. The molecule has 1 aromatic rings. The lowest BCUT2D eigenvalue weighted by Crippen LogP contribution is -2.41. The third kappa shape index (κ3) is 1.79. The normalized spacial score (nSPS) is 31.6. The van der Waals surface area contributed by atoms with Gasteiger partial charge in [-0.3, -0.25) is 4.57 Å². The van der Waals surface area contributed by atoms with Crippen molar-refractivity contribution in [2.45, 2.75) is 31.3 Å². The molecular weight excluding hydrogens is 236 g/mol. The summed E-state index contributed by atoms with van der Waals surface area (Å²) >= 11 is 0. The molecule has 3 unspecified atom stereocenters. The quantitative estimate of drug-likeness (QED) is 0.713. The van der Waals surface area contributed by atoms with E-state index >= 15 is 0 Å². The molecule has 6 nitrogen and oxygen atoms in total. The van der Waals surface area contributed by atoms with Crippen LogP contribution in [0, 0.1) is 0 Å². The number of alkyl halides is 2. The van der Waals surface area contributed by atoms with Crippen molar-refractivity contribution in [2.24, 2.45) is 0 Å². The molecule has 1 aromatic heterocycles. The fourth-order valence-corrected chi connectivity index (χ4v) is 1.68. The standard InChI is InChI=1S/C9H11F2N3O3/c1-4-6(15)9(10,11)7(17-4)14-3-2-5(12)13-8(14)16/h2-4,6-7,15H,1H3,(H2,12,13,16). The van der Waals surface area contributed by atoms with Gasteiger partial charge in [-0.15, -0.1) is 0 Å². The minimum absolute atomic E-state index is 0.0684. The van der Waals surface area contributed by atoms with E-state index in [0.717, 1.165) is 6.20 Å². The third-order valence-corrected chi connectivity index (χ3v) is 2.62. The molecule has 0 saturated carbocycles. The van der Waals surface area contributed by atoms with Crippen molar-refractivity contribution in [2.75, 3.05) is 5.73 Å². The summed E-state index contributed by atoms with van der Waals surface area (Å²) in [7, 11) is 0. The van der Waals surface area contributed by atoms with Crippen molar-refractivity contribution in [1.29, 1.82) is 0 Å². The lowest BCUT2D eigenvalue weighted by molar-refractivity contribution is -0.140. The molecule has 8 heteroatoms. The summed E-state index contributed by atoms with van der Waals surface area (Å²) in [6.45, 7) is 1.30. The first-order valence-electron chi connectivity index (χ1n) is 4.90. The van der Waals surface area contributed by atoms with Crippen LogP contribution in [0.15, 0.2) is 17.1 Å². The second-order valence-corrected chi connectivity index (χ2v) is 3.86. The van der Waals surface area contributed by atoms with Crippen LogP contribution in [0.25, 0.3) is 0 Å². The average molecular weight is 247 g/mol. The molecular formula is C9H11F2N3O3. The Balaban J connectivity index is 2.45. The Morgan fingerprint density at radius 2 is 2.29 bits per heavy atom. The summed E-state index contributed by atoms with van der Waals surface area (Å²) < 4.78 is 32.7. The monoisotopic (exact) mass is 247 g/mol. The lowest BCUT2D eigenvalue weighted by Gasteiger charge is -2.20. The minimum atomic E-state index is -3.55. The van der Waals surface area contributed by atoms with Gasteiger partial charge in [-0.05, 0) is 13.0 Å². The first kappa shape index (κ1) is 11.9. The van der Waals surface area contributed by atoms with E-state index in [1.165, 1.54) is 13.0 Å². The predicted octanol–water partition coefficient (Wildman–Crippen LogP) is -0.261. The summed E-state index contributed by atoms with van der Waals surface area (Å²) in [6, 6.07) is 1.20. The fourth-order valence-electron chi connectivity index (χ4n) is 1.68. The molecule has 0 aliphatic carbocycles. The van der Waals surface area contributed by atoms with E-state index < -0.39 is 30.0 Å². The number of nitrogen functional groups attached to an aromatic ring is 1. The Bertz CT molecular complexity index is 491. The smallest absolute Gasteiger partial charge is 0.351 e. The molecule has 1 saturated heterocycles. The van der Waals surface area contributed by atoms with Crippen molar-refractivity contribution in [3.05, 3.63) is 22.7 Å². The molecule has 0 spiro atoms. The van der Waals surface area contributed by atoms with Gasteiger partial charge in [0.1, 0.15) is 11.9 Å². The molecule has 1 aliphatic heterocycles. The number of aliphatic hydroxyl groups is 1. The summed E-state index contributed by atoms with van der Waals surface area (Å²) in [4.78, 5) is 14.7. The van der Waals surface area contributed by atoms with Crippen LogP contribution in [0.5, 0.6) is 0 Å². The van der Waals surface area contributed by atoms with Gasteiger partial charge < -0.3 is 15.6 Å². The zero-order chi connectivity index (χ0) is 12.8. The molecule has 2 rings (SSSR count). The maximum Gasteiger partial charge on any atom is 0.351 e. The first-order valence-corrected chi connectivity index (χ1v) is 4.90. The molecule has 0 amide bonds. The summed E-state index contributed by atoms with van der Waals surface area (Å²) in [5.74, 6) is -3.62. The molecule has 1 aliphatic rings. The van der Waals surface area contributed by atoms with Crippen LogP contribution in [-0.4, -0.2) is 32.8 Å². The Kier molecular flexibility index (Phi) is 2.63. The predicted molar refractivity (Wildman–Crippen MR) is 53.4 cm³/mol. The number of hydrogen-bond donors (Lipinski definition) is 2. The maximum atomic E-state index is 13.6. The molecule has 0 radical (unpaired) electrons. The van der Waals surface area contributed by atoms with Gasteiger partial charge >= 0.3 is 11.6 Å². The fraction of sp³-hybridized carbons (Fsp3) is 0.556. The number of hydrogen-bond acceptors (Lipinski definition) is 5. The lowest BCUT2D eigenvalue weighted by atomic mass is 10.1. The highest BCUT2D eigenvalue weighted by atomic mass is 19.3. The highest BCUT2D eigenvalue weighted by molar-refractivity contribution is 5.23. The van der Waals surface area contributed by atoms with E-state index in [1.54, 1.807) is 0 Å². The van der Waals surface area contributed by atoms with Gasteiger partial charge in [-0.25, -0.2) is 4.79 Å². The minimum Gasteiger partial charge on any atom is -0.384 e. The highest BCUT2D eigenvalue weighted by Gasteiger charge is 2.58. The highest BCUT2D eigenvalue weighted by Crippen LogP contribution is 2.41. The zero-order valence-corrected chi connectivity index (χ0v) is 8.88. The molecule has 0 aromatic carbocycles. The average Bonchev–Trinajstić information content (AvgIpc) is 2.43. The van der Waals surface area contributed by atoms with Crippen molar-refractivity contribution >= 4 is 5.82 Å². The number of ether oxygens (including phenoxy) is 1. The van der Waals surface area contributed by atoms with Crippen molar-refractivity contribution < 1.29 is 18.6 Å². The van der Waals surface area contributed by atoms with E-state index in [-0.39, 0.29) is 5.82 Å². The van der Waals surface area contributed by atoms with Crippen molar-refractivity contribution in [3.8, 4) is 0 Å². The molecule has 17 heavy (non-hydrogen) atoms. The molecule has 0 bridgehead atoms.